The van der Waals surface area contributed by atoms with E-state index in [1.807, 2.05) is 0 Å². The number of rotatable bonds is 6. The van der Waals surface area contributed by atoms with Crippen LogP contribution in [0.4, 0.5) is 0 Å². The van der Waals surface area contributed by atoms with Crippen LogP contribution in [0.1, 0.15) is 44.4 Å². The average Bonchev–Trinajstić information content (AvgIpc) is 2.45. The number of hydrogen-bond acceptors (Lipinski definition) is 3. The second-order valence-electron chi connectivity index (χ2n) is 6.31. The molecule has 2 rings (SSSR count). The van der Waals surface area contributed by atoms with Crippen LogP contribution in [-0.2, 0) is 11.2 Å². The number of ether oxygens (including phenoxy) is 1. The Morgan fingerprint density at radius 1 is 1.19 bits per heavy atom. The average molecular weight is 290 g/mol. The first-order chi connectivity index (χ1) is 10.1. The number of aryl methyl sites for hydroxylation is 1. The Morgan fingerprint density at radius 3 is 2.33 bits per heavy atom. The van der Waals surface area contributed by atoms with E-state index in [9.17, 15) is 0 Å². The van der Waals surface area contributed by atoms with Gasteiger partial charge in [0.25, 0.3) is 0 Å². The number of morpholine rings is 1. The summed E-state index contributed by atoms with van der Waals surface area (Å²) in [6.07, 6.45) is 3.04. The summed E-state index contributed by atoms with van der Waals surface area (Å²) in [4.78, 5) is 2.51. The third kappa shape index (κ3) is 4.80. The number of nitrogens with one attached hydrogen (secondary N) is 1. The Morgan fingerprint density at radius 2 is 1.81 bits per heavy atom. The summed E-state index contributed by atoms with van der Waals surface area (Å²) in [5.74, 6) is 0. The molecule has 1 aliphatic rings. The molecule has 0 radical (unpaired) electrons. The molecule has 1 saturated heterocycles. The zero-order valence-corrected chi connectivity index (χ0v) is 13.9. The van der Waals surface area contributed by atoms with Gasteiger partial charge in [-0.25, -0.2) is 0 Å². The fourth-order valence-electron chi connectivity index (χ4n) is 3.26. The third-order valence-electron chi connectivity index (χ3n) is 4.21. The van der Waals surface area contributed by atoms with Crippen LogP contribution in [0.3, 0.4) is 0 Å². The molecule has 1 fully saturated rings. The van der Waals surface area contributed by atoms with Gasteiger partial charge in [0.1, 0.15) is 0 Å². The molecule has 0 bridgehead atoms. The lowest BCUT2D eigenvalue weighted by Crippen LogP contribution is -2.48. The van der Waals surface area contributed by atoms with Crippen LogP contribution in [-0.4, -0.2) is 43.8 Å². The molecule has 3 nitrogen and oxygen atoms in total. The molecule has 0 saturated carbocycles. The van der Waals surface area contributed by atoms with Gasteiger partial charge in [-0.1, -0.05) is 37.6 Å². The van der Waals surface area contributed by atoms with Crippen LogP contribution in [0.2, 0.25) is 0 Å². The highest BCUT2D eigenvalue weighted by molar-refractivity contribution is 5.25. The van der Waals surface area contributed by atoms with Gasteiger partial charge in [-0.3, -0.25) is 4.90 Å². The van der Waals surface area contributed by atoms with Crippen molar-refractivity contribution in [1.82, 2.24) is 10.2 Å². The lowest BCUT2D eigenvalue weighted by Gasteiger charge is -2.37. The first-order valence-corrected chi connectivity index (χ1v) is 8.26. The third-order valence-corrected chi connectivity index (χ3v) is 4.21. The van der Waals surface area contributed by atoms with Gasteiger partial charge >= 0.3 is 0 Å². The second-order valence-corrected chi connectivity index (χ2v) is 6.31. The molecule has 0 aromatic heterocycles. The predicted octanol–water partition coefficient (Wildman–Crippen LogP) is 3.01. The molecule has 1 aliphatic heterocycles. The van der Waals surface area contributed by atoms with Gasteiger partial charge in [0.05, 0.1) is 12.2 Å². The van der Waals surface area contributed by atoms with E-state index in [4.69, 9.17) is 4.74 Å². The molecular weight excluding hydrogens is 260 g/mol. The molecule has 0 amide bonds. The van der Waals surface area contributed by atoms with Crippen molar-refractivity contribution < 1.29 is 4.74 Å². The quantitative estimate of drug-likeness (QED) is 0.871. The predicted molar refractivity (Wildman–Crippen MR) is 88.7 cm³/mol. The van der Waals surface area contributed by atoms with Crippen molar-refractivity contribution in [2.24, 2.45) is 0 Å². The molecule has 21 heavy (non-hydrogen) atoms. The highest BCUT2D eigenvalue weighted by atomic mass is 16.5. The molecule has 0 aliphatic carbocycles. The monoisotopic (exact) mass is 290 g/mol. The fourth-order valence-corrected chi connectivity index (χ4v) is 3.26. The van der Waals surface area contributed by atoms with Gasteiger partial charge in [0.15, 0.2) is 0 Å². The summed E-state index contributed by atoms with van der Waals surface area (Å²) >= 11 is 0. The van der Waals surface area contributed by atoms with E-state index in [-0.39, 0.29) is 0 Å². The van der Waals surface area contributed by atoms with Crippen molar-refractivity contribution in [1.29, 1.82) is 0 Å². The van der Waals surface area contributed by atoms with Crippen molar-refractivity contribution in [3.8, 4) is 0 Å². The van der Waals surface area contributed by atoms with Crippen molar-refractivity contribution in [2.75, 3.05) is 26.7 Å². The number of hydrogen-bond donors (Lipinski definition) is 1. The van der Waals surface area contributed by atoms with Crippen LogP contribution in [0.15, 0.2) is 24.3 Å². The highest BCUT2D eigenvalue weighted by Gasteiger charge is 2.24. The summed E-state index contributed by atoms with van der Waals surface area (Å²) < 4.78 is 5.82. The summed E-state index contributed by atoms with van der Waals surface area (Å²) in [7, 11) is 2.05. The fraction of sp³-hybridized carbons (Fsp3) is 0.667. The van der Waals surface area contributed by atoms with E-state index in [0.29, 0.717) is 18.2 Å². The minimum absolute atomic E-state index is 0.332. The minimum Gasteiger partial charge on any atom is -0.373 e. The van der Waals surface area contributed by atoms with E-state index < -0.39 is 0 Å². The van der Waals surface area contributed by atoms with Crippen LogP contribution in [0, 0.1) is 0 Å². The van der Waals surface area contributed by atoms with E-state index in [1.165, 1.54) is 24.0 Å². The zero-order valence-electron chi connectivity index (χ0n) is 13.9. The summed E-state index contributed by atoms with van der Waals surface area (Å²) in [6, 6.07) is 9.48. The maximum absolute atomic E-state index is 5.82. The molecule has 1 N–H and O–H groups in total. The molecule has 3 unspecified atom stereocenters. The van der Waals surface area contributed by atoms with Crippen molar-refractivity contribution in [3.05, 3.63) is 35.4 Å². The van der Waals surface area contributed by atoms with Gasteiger partial charge in [-0.2, -0.15) is 0 Å². The number of nitrogens with zero attached hydrogens (tertiary/aromatic N) is 1. The molecule has 1 heterocycles. The molecule has 3 heteroatoms. The summed E-state index contributed by atoms with van der Waals surface area (Å²) in [5, 5.41) is 3.46. The van der Waals surface area contributed by atoms with Crippen molar-refractivity contribution in [3.63, 3.8) is 0 Å². The van der Waals surface area contributed by atoms with Gasteiger partial charge in [-0.05, 0) is 38.4 Å². The number of benzene rings is 1. The summed E-state index contributed by atoms with van der Waals surface area (Å²) in [5.41, 5.74) is 2.81. The van der Waals surface area contributed by atoms with E-state index in [1.54, 1.807) is 0 Å². The lowest BCUT2D eigenvalue weighted by atomic mass is 10.0. The molecule has 118 valence electrons. The Hall–Kier alpha value is -0.900. The first kappa shape index (κ1) is 16.5. The van der Waals surface area contributed by atoms with Gasteiger partial charge < -0.3 is 10.1 Å². The maximum atomic E-state index is 5.82. The normalized spacial score (nSPS) is 25.0. The molecule has 0 spiro atoms. The van der Waals surface area contributed by atoms with Crippen LogP contribution < -0.4 is 5.32 Å². The molecular formula is C18H30N2O. The van der Waals surface area contributed by atoms with Crippen LogP contribution >= 0.6 is 0 Å². The smallest absolute Gasteiger partial charge is 0.0678 e. The van der Waals surface area contributed by atoms with Crippen LogP contribution in [0.25, 0.3) is 0 Å². The lowest BCUT2D eigenvalue weighted by molar-refractivity contribution is -0.0698. The Bertz CT molecular complexity index is 408. The van der Waals surface area contributed by atoms with Gasteiger partial charge in [-0.15, -0.1) is 0 Å². The molecule has 3 atom stereocenters. The standard InChI is InChI=1S/C18H30N2O/c1-5-6-16-7-9-17(10-8-16)18(19-4)13-20-11-14(2)21-15(3)12-20/h7-10,14-15,18-19H,5-6,11-13H2,1-4H3. The largest absolute Gasteiger partial charge is 0.373 e. The van der Waals surface area contributed by atoms with E-state index >= 15 is 0 Å². The van der Waals surface area contributed by atoms with Crippen LogP contribution in [0.5, 0.6) is 0 Å². The topological polar surface area (TPSA) is 24.5 Å². The Balaban J connectivity index is 1.98. The molecule has 1 aromatic carbocycles. The van der Waals surface area contributed by atoms with Crippen molar-refractivity contribution in [2.45, 2.75) is 51.9 Å². The SMILES string of the molecule is CCCc1ccc(C(CN2CC(C)OC(C)C2)NC)cc1. The minimum atomic E-state index is 0.332. The van der Waals surface area contributed by atoms with Crippen molar-refractivity contribution >= 4 is 0 Å². The van der Waals surface area contributed by atoms with E-state index in [2.05, 4.69) is 62.3 Å². The van der Waals surface area contributed by atoms with E-state index in [0.717, 1.165) is 19.6 Å². The second kappa shape index (κ2) is 7.92. The van der Waals surface area contributed by atoms with Gasteiger partial charge in [0.2, 0.25) is 0 Å². The Kier molecular flexibility index (Phi) is 6.22. The highest BCUT2D eigenvalue weighted by Crippen LogP contribution is 2.19. The summed E-state index contributed by atoms with van der Waals surface area (Å²) in [6.45, 7) is 9.65. The van der Waals surface area contributed by atoms with Gasteiger partial charge in [0, 0.05) is 25.7 Å². The zero-order chi connectivity index (χ0) is 15.2. The first-order valence-electron chi connectivity index (χ1n) is 8.26. The Labute approximate surface area is 129 Å². The number of likely N-dealkylation sites (N-methyl/N-ethyl adjacent to an activating group) is 1. The molecule has 1 aromatic rings. The maximum Gasteiger partial charge on any atom is 0.0678 e.